The average Bonchev–Trinajstić information content (AvgIpc) is 3.17. The zero-order valence-electron chi connectivity index (χ0n) is 15.3. The van der Waals surface area contributed by atoms with E-state index < -0.39 is 4.92 Å². The fourth-order valence-corrected chi connectivity index (χ4v) is 4.42. The zero-order valence-corrected chi connectivity index (χ0v) is 16.1. The lowest BCUT2D eigenvalue weighted by molar-refractivity contribution is -0.384. The number of hydrogen-bond donors (Lipinski definition) is 2. The van der Waals surface area contributed by atoms with Crippen LogP contribution in [0.5, 0.6) is 0 Å². The quantitative estimate of drug-likeness (QED) is 0.440. The summed E-state index contributed by atoms with van der Waals surface area (Å²) in [6.45, 7) is 2.47. The van der Waals surface area contributed by atoms with E-state index in [-0.39, 0.29) is 29.5 Å². The minimum absolute atomic E-state index is 0.0288. The van der Waals surface area contributed by atoms with Gasteiger partial charge in [-0.25, -0.2) is 0 Å². The third-order valence-electron chi connectivity index (χ3n) is 5.49. The maximum Gasteiger partial charge on any atom is 0.269 e. The molecule has 2 aromatic rings. The number of hydrogen-bond acceptors (Lipinski definition) is 4. The molecule has 7 heteroatoms. The van der Waals surface area contributed by atoms with Gasteiger partial charge in [-0.3, -0.25) is 14.9 Å². The van der Waals surface area contributed by atoms with Crippen LogP contribution in [0.1, 0.15) is 46.8 Å². The minimum Gasteiger partial charge on any atom is -0.378 e. The van der Waals surface area contributed by atoms with E-state index in [1.807, 2.05) is 19.1 Å². The van der Waals surface area contributed by atoms with Crippen LogP contribution in [-0.2, 0) is 0 Å². The Bertz CT molecular complexity index is 989. The van der Waals surface area contributed by atoms with Crippen molar-refractivity contribution < 1.29 is 9.72 Å². The lowest BCUT2D eigenvalue weighted by atomic mass is 9.76. The number of benzene rings is 2. The first kappa shape index (κ1) is 18.5. The Labute approximate surface area is 167 Å². The number of halogens is 1. The molecule has 1 aliphatic heterocycles. The van der Waals surface area contributed by atoms with Crippen LogP contribution in [0.15, 0.2) is 48.6 Å². The standard InChI is InChI=1S/C21H20ClN3O3/c1-2-23-21(26)12-6-9-19-16(10-12)14-4-3-5-15(14)20(24-19)17-11-13(25(27)28)7-8-18(17)22/h3-4,6-11,14-15,20,24H,2,5H2,1H3,(H,23,26). The van der Waals surface area contributed by atoms with E-state index in [9.17, 15) is 14.9 Å². The number of non-ortho nitro benzene ring substituents is 1. The molecule has 2 aromatic carbocycles. The predicted molar refractivity (Wildman–Crippen MR) is 109 cm³/mol. The van der Waals surface area contributed by atoms with Crippen molar-refractivity contribution in [1.29, 1.82) is 0 Å². The fraction of sp³-hybridized carbons (Fsp3) is 0.286. The highest BCUT2D eigenvalue weighted by Gasteiger charge is 2.39. The number of amides is 1. The van der Waals surface area contributed by atoms with Crippen molar-refractivity contribution >= 4 is 28.9 Å². The SMILES string of the molecule is CCNC(=O)c1ccc2c(c1)C1C=CCC1C(c1cc([N+](=O)[O-])ccc1Cl)N2. The summed E-state index contributed by atoms with van der Waals surface area (Å²) in [6.07, 6.45) is 5.12. The number of allylic oxidation sites excluding steroid dienone is 2. The van der Waals surface area contributed by atoms with E-state index in [0.29, 0.717) is 17.1 Å². The third kappa shape index (κ3) is 3.14. The van der Waals surface area contributed by atoms with Gasteiger partial charge in [0.15, 0.2) is 0 Å². The highest BCUT2D eigenvalue weighted by atomic mass is 35.5. The van der Waals surface area contributed by atoms with E-state index in [0.717, 1.165) is 23.2 Å². The van der Waals surface area contributed by atoms with Gasteiger partial charge in [0.1, 0.15) is 0 Å². The van der Waals surface area contributed by atoms with Crippen molar-refractivity contribution in [1.82, 2.24) is 5.32 Å². The second-order valence-electron chi connectivity index (χ2n) is 7.10. The molecule has 0 saturated carbocycles. The monoisotopic (exact) mass is 397 g/mol. The largest absolute Gasteiger partial charge is 0.378 e. The molecule has 0 radical (unpaired) electrons. The summed E-state index contributed by atoms with van der Waals surface area (Å²) in [4.78, 5) is 23.0. The van der Waals surface area contributed by atoms with Crippen LogP contribution in [0.4, 0.5) is 11.4 Å². The molecular formula is C21H20ClN3O3. The van der Waals surface area contributed by atoms with E-state index in [2.05, 4.69) is 22.8 Å². The normalized spacial score (nSPS) is 22.1. The maximum atomic E-state index is 12.2. The van der Waals surface area contributed by atoms with Gasteiger partial charge in [0.25, 0.3) is 11.6 Å². The van der Waals surface area contributed by atoms with Gasteiger partial charge in [0, 0.05) is 46.4 Å². The Morgan fingerprint density at radius 3 is 2.86 bits per heavy atom. The molecule has 144 valence electrons. The van der Waals surface area contributed by atoms with Gasteiger partial charge < -0.3 is 10.6 Å². The Hall–Kier alpha value is -2.86. The van der Waals surface area contributed by atoms with E-state index in [1.54, 1.807) is 18.2 Å². The topological polar surface area (TPSA) is 84.3 Å². The second kappa shape index (κ2) is 7.28. The van der Waals surface area contributed by atoms with Crippen LogP contribution in [-0.4, -0.2) is 17.4 Å². The highest BCUT2D eigenvalue weighted by molar-refractivity contribution is 6.31. The van der Waals surface area contributed by atoms with Crippen molar-refractivity contribution in [3.63, 3.8) is 0 Å². The molecule has 3 unspecified atom stereocenters. The first-order valence-corrected chi connectivity index (χ1v) is 9.66. The van der Waals surface area contributed by atoms with Gasteiger partial charge in [-0.15, -0.1) is 0 Å². The lowest BCUT2D eigenvalue weighted by Gasteiger charge is -2.38. The molecule has 1 amide bonds. The molecule has 0 fully saturated rings. The van der Waals surface area contributed by atoms with Crippen molar-refractivity contribution in [3.05, 3.63) is 80.4 Å². The molecule has 2 aliphatic rings. The molecule has 2 N–H and O–H groups in total. The molecule has 0 saturated heterocycles. The Kier molecular flexibility index (Phi) is 4.81. The molecule has 4 rings (SSSR count). The molecule has 3 atom stereocenters. The summed E-state index contributed by atoms with van der Waals surface area (Å²) in [5.74, 6) is 0.218. The van der Waals surface area contributed by atoms with Gasteiger partial charge in [0.2, 0.25) is 0 Å². The molecular weight excluding hydrogens is 378 g/mol. The summed E-state index contributed by atoms with van der Waals surface area (Å²) in [5.41, 5.74) is 3.39. The number of carbonyl (C=O) groups is 1. The van der Waals surface area contributed by atoms with Crippen LogP contribution in [0.25, 0.3) is 0 Å². The number of fused-ring (bicyclic) bond motifs is 3. The number of nitro benzene ring substituents is 1. The molecule has 1 aliphatic carbocycles. The molecule has 1 heterocycles. The second-order valence-corrected chi connectivity index (χ2v) is 7.51. The predicted octanol–water partition coefficient (Wildman–Crippen LogP) is 4.82. The Morgan fingerprint density at radius 1 is 1.29 bits per heavy atom. The number of nitro groups is 1. The fourth-order valence-electron chi connectivity index (χ4n) is 4.19. The molecule has 0 aromatic heterocycles. The highest BCUT2D eigenvalue weighted by Crippen LogP contribution is 2.51. The van der Waals surface area contributed by atoms with E-state index in [4.69, 9.17) is 11.6 Å². The van der Waals surface area contributed by atoms with Crippen LogP contribution < -0.4 is 10.6 Å². The van der Waals surface area contributed by atoms with Gasteiger partial charge in [0.05, 0.1) is 11.0 Å². The number of nitrogens with one attached hydrogen (secondary N) is 2. The Morgan fingerprint density at radius 2 is 2.11 bits per heavy atom. The summed E-state index contributed by atoms with van der Waals surface area (Å²) in [7, 11) is 0. The van der Waals surface area contributed by atoms with Crippen molar-refractivity contribution in [2.24, 2.45) is 5.92 Å². The van der Waals surface area contributed by atoms with Crippen molar-refractivity contribution in [3.8, 4) is 0 Å². The van der Waals surface area contributed by atoms with Crippen LogP contribution >= 0.6 is 11.6 Å². The smallest absolute Gasteiger partial charge is 0.269 e. The lowest BCUT2D eigenvalue weighted by Crippen LogP contribution is -2.30. The van der Waals surface area contributed by atoms with E-state index >= 15 is 0 Å². The van der Waals surface area contributed by atoms with Crippen LogP contribution in [0, 0.1) is 16.0 Å². The maximum absolute atomic E-state index is 12.2. The number of anilines is 1. The summed E-state index contributed by atoms with van der Waals surface area (Å²) >= 11 is 6.42. The van der Waals surface area contributed by atoms with Gasteiger partial charge in [-0.1, -0.05) is 23.8 Å². The Balaban J connectivity index is 1.75. The minimum atomic E-state index is -0.403. The molecule has 6 nitrogen and oxygen atoms in total. The zero-order chi connectivity index (χ0) is 19.8. The molecule has 28 heavy (non-hydrogen) atoms. The van der Waals surface area contributed by atoms with Crippen LogP contribution in [0.2, 0.25) is 5.02 Å². The summed E-state index contributed by atoms with van der Waals surface area (Å²) in [5, 5.41) is 18.1. The van der Waals surface area contributed by atoms with E-state index in [1.165, 1.54) is 6.07 Å². The average molecular weight is 398 g/mol. The number of carbonyl (C=O) groups excluding carboxylic acids is 1. The first-order chi connectivity index (χ1) is 13.5. The van der Waals surface area contributed by atoms with Gasteiger partial charge in [-0.05, 0) is 49.1 Å². The third-order valence-corrected chi connectivity index (χ3v) is 5.83. The van der Waals surface area contributed by atoms with Gasteiger partial charge >= 0.3 is 0 Å². The summed E-state index contributed by atoms with van der Waals surface area (Å²) in [6, 6.07) is 10.1. The van der Waals surface area contributed by atoms with Gasteiger partial charge in [-0.2, -0.15) is 0 Å². The van der Waals surface area contributed by atoms with Crippen molar-refractivity contribution in [2.45, 2.75) is 25.3 Å². The molecule has 0 spiro atoms. The van der Waals surface area contributed by atoms with Crippen LogP contribution in [0.3, 0.4) is 0 Å². The molecule has 0 bridgehead atoms. The first-order valence-electron chi connectivity index (χ1n) is 9.28. The summed E-state index contributed by atoms with van der Waals surface area (Å²) < 4.78 is 0. The van der Waals surface area contributed by atoms with Crippen molar-refractivity contribution in [2.75, 3.05) is 11.9 Å². The number of rotatable bonds is 4. The number of nitrogens with zero attached hydrogens (tertiary/aromatic N) is 1.